The van der Waals surface area contributed by atoms with E-state index >= 15 is 0 Å². The van der Waals surface area contributed by atoms with Gasteiger partial charge in [0, 0.05) is 12.6 Å². The second-order valence-electron chi connectivity index (χ2n) is 3.70. The van der Waals surface area contributed by atoms with Gasteiger partial charge in [0.15, 0.2) is 0 Å². The first-order valence-corrected chi connectivity index (χ1v) is 5.34. The van der Waals surface area contributed by atoms with Crippen LogP contribution in [0.25, 0.3) is 11.3 Å². The van der Waals surface area contributed by atoms with Gasteiger partial charge >= 0.3 is 6.18 Å². The number of anilines is 1. The molecule has 0 saturated carbocycles. The van der Waals surface area contributed by atoms with Crippen molar-refractivity contribution in [3.8, 4) is 11.3 Å². The van der Waals surface area contributed by atoms with Crippen LogP contribution in [0.4, 0.5) is 19.0 Å². The fourth-order valence-electron chi connectivity index (χ4n) is 1.68. The standard InChI is InChI=1S/C13H11F3N2/c1-17-12-8-4-7-11(18-12)9-5-2-3-6-10(9)13(14,15)16/h2-8H,1H3,(H,17,18). The van der Waals surface area contributed by atoms with E-state index in [9.17, 15) is 13.2 Å². The Balaban J connectivity index is 2.57. The van der Waals surface area contributed by atoms with E-state index in [0.717, 1.165) is 6.07 Å². The van der Waals surface area contributed by atoms with Crippen LogP contribution in [0.1, 0.15) is 5.56 Å². The van der Waals surface area contributed by atoms with Crippen molar-refractivity contribution in [3.63, 3.8) is 0 Å². The molecular weight excluding hydrogens is 241 g/mol. The van der Waals surface area contributed by atoms with E-state index in [0.29, 0.717) is 11.5 Å². The number of rotatable bonds is 2. The quantitative estimate of drug-likeness (QED) is 0.879. The van der Waals surface area contributed by atoms with E-state index in [1.807, 2.05) is 0 Å². The van der Waals surface area contributed by atoms with Crippen molar-refractivity contribution in [1.29, 1.82) is 0 Å². The van der Waals surface area contributed by atoms with Gasteiger partial charge in [0.05, 0.1) is 11.3 Å². The van der Waals surface area contributed by atoms with Gasteiger partial charge in [-0.2, -0.15) is 13.2 Å². The summed E-state index contributed by atoms with van der Waals surface area (Å²) < 4.78 is 38.6. The van der Waals surface area contributed by atoms with E-state index in [1.54, 1.807) is 31.3 Å². The highest BCUT2D eigenvalue weighted by Crippen LogP contribution is 2.36. The highest BCUT2D eigenvalue weighted by atomic mass is 19.4. The molecule has 2 nitrogen and oxygen atoms in total. The fourth-order valence-corrected chi connectivity index (χ4v) is 1.68. The Labute approximate surface area is 102 Å². The Morgan fingerprint density at radius 2 is 1.72 bits per heavy atom. The molecule has 0 bridgehead atoms. The normalized spacial score (nSPS) is 11.3. The zero-order valence-corrected chi connectivity index (χ0v) is 9.62. The molecule has 1 aromatic carbocycles. The van der Waals surface area contributed by atoms with Gasteiger partial charge < -0.3 is 5.32 Å². The molecule has 18 heavy (non-hydrogen) atoms. The van der Waals surface area contributed by atoms with Crippen LogP contribution in [0.5, 0.6) is 0 Å². The van der Waals surface area contributed by atoms with Gasteiger partial charge in [0.2, 0.25) is 0 Å². The molecule has 0 fully saturated rings. The molecule has 1 heterocycles. The summed E-state index contributed by atoms with van der Waals surface area (Å²) in [5.74, 6) is 0.532. The predicted molar refractivity (Wildman–Crippen MR) is 64.2 cm³/mol. The molecule has 0 spiro atoms. The molecule has 0 aliphatic heterocycles. The summed E-state index contributed by atoms with van der Waals surface area (Å²) >= 11 is 0. The molecule has 1 aromatic heterocycles. The molecule has 2 rings (SSSR count). The summed E-state index contributed by atoms with van der Waals surface area (Å²) in [6, 6.07) is 10.3. The Morgan fingerprint density at radius 1 is 1.00 bits per heavy atom. The molecule has 0 saturated heterocycles. The van der Waals surface area contributed by atoms with Crippen LogP contribution in [-0.4, -0.2) is 12.0 Å². The zero-order valence-electron chi connectivity index (χ0n) is 9.62. The summed E-state index contributed by atoms with van der Waals surface area (Å²) in [7, 11) is 1.67. The lowest BCUT2D eigenvalue weighted by molar-refractivity contribution is -0.137. The van der Waals surface area contributed by atoms with Crippen LogP contribution in [-0.2, 0) is 6.18 Å². The van der Waals surface area contributed by atoms with Crippen molar-refractivity contribution >= 4 is 5.82 Å². The first-order chi connectivity index (χ1) is 8.52. The minimum Gasteiger partial charge on any atom is -0.373 e. The Kier molecular flexibility index (Phi) is 3.23. The Bertz CT molecular complexity index is 550. The maximum Gasteiger partial charge on any atom is 0.417 e. The number of hydrogen-bond acceptors (Lipinski definition) is 2. The van der Waals surface area contributed by atoms with Crippen molar-refractivity contribution in [2.75, 3.05) is 12.4 Å². The molecule has 0 unspecified atom stereocenters. The third-order valence-electron chi connectivity index (χ3n) is 2.51. The summed E-state index contributed by atoms with van der Waals surface area (Å²) in [4.78, 5) is 4.12. The number of halogens is 3. The average molecular weight is 252 g/mol. The van der Waals surface area contributed by atoms with E-state index in [4.69, 9.17) is 0 Å². The molecule has 0 radical (unpaired) electrons. The molecule has 0 amide bonds. The van der Waals surface area contributed by atoms with Gasteiger partial charge in [0.1, 0.15) is 5.82 Å². The fraction of sp³-hybridized carbons (Fsp3) is 0.154. The van der Waals surface area contributed by atoms with Crippen molar-refractivity contribution < 1.29 is 13.2 Å². The number of hydrogen-bond donors (Lipinski definition) is 1. The lowest BCUT2D eigenvalue weighted by Crippen LogP contribution is -2.07. The Hall–Kier alpha value is -2.04. The van der Waals surface area contributed by atoms with Crippen LogP contribution >= 0.6 is 0 Å². The van der Waals surface area contributed by atoms with Gasteiger partial charge in [-0.25, -0.2) is 4.98 Å². The molecule has 0 aliphatic rings. The number of nitrogens with zero attached hydrogens (tertiary/aromatic N) is 1. The number of aromatic nitrogens is 1. The minimum atomic E-state index is -4.38. The topological polar surface area (TPSA) is 24.9 Å². The van der Waals surface area contributed by atoms with E-state index in [2.05, 4.69) is 10.3 Å². The third-order valence-corrected chi connectivity index (χ3v) is 2.51. The monoisotopic (exact) mass is 252 g/mol. The Morgan fingerprint density at radius 3 is 2.39 bits per heavy atom. The molecule has 0 aliphatic carbocycles. The molecule has 0 atom stereocenters. The number of benzene rings is 1. The van der Waals surface area contributed by atoms with Gasteiger partial charge in [-0.05, 0) is 18.2 Å². The van der Waals surface area contributed by atoms with Crippen LogP contribution in [0, 0.1) is 0 Å². The summed E-state index contributed by atoms with van der Waals surface area (Å²) in [5.41, 5.74) is -0.289. The summed E-state index contributed by atoms with van der Waals surface area (Å²) in [6.45, 7) is 0. The zero-order chi connectivity index (χ0) is 13.2. The number of alkyl halides is 3. The number of pyridine rings is 1. The van der Waals surface area contributed by atoms with Crippen LogP contribution < -0.4 is 5.32 Å². The lowest BCUT2D eigenvalue weighted by atomic mass is 10.0. The second-order valence-corrected chi connectivity index (χ2v) is 3.70. The second kappa shape index (κ2) is 4.68. The predicted octanol–water partition coefficient (Wildman–Crippen LogP) is 3.81. The van der Waals surface area contributed by atoms with Gasteiger partial charge in [0.25, 0.3) is 0 Å². The van der Waals surface area contributed by atoms with Crippen molar-refractivity contribution in [1.82, 2.24) is 4.98 Å². The largest absolute Gasteiger partial charge is 0.417 e. The third kappa shape index (κ3) is 2.45. The van der Waals surface area contributed by atoms with E-state index in [1.165, 1.54) is 12.1 Å². The highest BCUT2D eigenvalue weighted by Gasteiger charge is 2.33. The highest BCUT2D eigenvalue weighted by molar-refractivity contribution is 5.65. The maximum atomic E-state index is 12.9. The molecule has 5 heteroatoms. The van der Waals surface area contributed by atoms with Crippen LogP contribution in [0.3, 0.4) is 0 Å². The van der Waals surface area contributed by atoms with Crippen molar-refractivity contribution in [2.24, 2.45) is 0 Å². The summed E-state index contributed by atoms with van der Waals surface area (Å²) in [6.07, 6.45) is -4.38. The van der Waals surface area contributed by atoms with Gasteiger partial charge in [-0.1, -0.05) is 24.3 Å². The molecular formula is C13H11F3N2. The molecule has 1 N–H and O–H groups in total. The first-order valence-electron chi connectivity index (χ1n) is 5.34. The lowest BCUT2D eigenvalue weighted by Gasteiger charge is -2.12. The van der Waals surface area contributed by atoms with E-state index in [-0.39, 0.29) is 5.56 Å². The smallest absolute Gasteiger partial charge is 0.373 e. The van der Waals surface area contributed by atoms with Crippen molar-refractivity contribution in [3.05, 3.63) is 48.0 Å². The molecule has 2 aromatic rings. The van der Waals surface area contributed by atoms with Crippen LogP contribution in [0.2, 0.25) is 0 Å². The van der Waals surface area contributed by atoms with Gasteiger partial charge in [-0.15, -0.1) is 0 Å². The van der Waals surface area contributed by atoms with Crippen LogP contribution in [0.15, 0.2) is 42.5 Å². The maximum absolute atomic E-state index is 12.9. The minimum absolute atomic E-state index is 0.0853. The van der Waals surface area contributed by atoms with E-state index < -0.39 is 11.7 Å². The average Bonchev–Trinajstić information content (AvgIpc) is 2.38. The summed E-state index contributed by atoms with van der Waals surface area (Å²) in [5, 5.41) is 2.80. The SMILES string of the molecule is CNc1cccc(-c2ccccc2C(F)(F)F)n1. The van der Waals surface area contributed by atoms with Gasteiger partial charge in [-0.3, -0.25) is 0 Å². The first kappa shape index (κ1) is 12.4. The molecule has 94 valence electrons. The number of nitrogens with one attached hydrogen (secondary N) is 1. The van der Waals surface area contributed by atoms with Crippen molar-refractivity contribution in [2.45, 2.75) is 6.18 Å².